The first kappa shape index (κ1) is 14.1. The average Bonchev–Trinajstić information content (AvgIpc) is 2.36. The van der Waals surface area contributed by atoms with Crippen molar-refractivity contribution in [1.82, 2.24) is 5.32 Å². The van der Waals surface area contributed by atoms with Gasteiger partial charge in [-0.3, -0.25) is 0 Å². The lowest BCUT2D eigenvalue weighted by Crippen LogP contribution is -2.46. The van der Waals surface area contributed by atoms with Gasteiger partial charge in [0.2, 0.25) is 0 Å². The summed E-state index contributed by atoms with van der Waals surface area (Å²) in [6.45, 7) is 4.00. The molecule has 2 atom stereocenters. The molecule has 1 aromatic carbocycles. The molecular formula is C13H20FNO2. The molecule has 1 aromatic rings. The van der Waals surface area contributed by atoms with E-state index in [9.17, 15) is 14.6 Å². The molecule has 0 amide bonds. The molecule has 0 aliphatic rings. The van der Waals surface area contributed by atoms with Crippen LogP contribution in [0, 0.1) is 5.82 Å². The Morgan fingerprint density at radius 1 is 1.41 bits per heavy atom. The maximum Gasteiger partial charge on any atom is 0.129 e. The van der Waals surface area contributed by atoms with Gasteiger partial charge in [0.25, 0.3) is 0 Å². The number of halogens is 1. The van der Waals surface area contributed by atoms with E-state index >= 15 is 0 Å². The normalized spacial score (nSPS) is 16.5. The summed E-state index contributed by atoms with van der Waals surface area (Å²) in [5.41, 5.74) is -0.164. The predicted molar refractivity (Wildman–Crippen MR) is 65.1 cm³/mol. The summed E-state index contributed by atoms with van der Waals surface area (Å²) in [4.78, 5) is 0. The van der Waals surface area contributed by atoms with Crippen LogP contribution < -0.4 is 5.32 Å². The third-order valence-electron chi connectivity index (χ3n) is 3.12. The molecule has 0 saturated carbocycles. The molecule has 0 heterocycles. The lowest BCUT2D eigenvalue weighted by atomic mass is 9.99. The zero-order valence-electron chi connectivity index (χ0n) is 10.3. The van der Waals surface area contributed by atoms with E-state index in [4.69, 9.17) is 0 Å². The third-order valence-corrected chi connectivity index (χ3v) is 3.12. The van der Waals surface area contributed by atoms with Gasteiger partial charge in [-0.25, -0.2) is 4.39 Å². The van der Waals surface area contributed by atoms with Crippen LogP contribution in [0.15, 0.2) is 24.3 Å². The molecule has 0 spiro atoms. The maximum absolute atomic E-state index is 13.4. The Morgan fingerprint density at radius 2 is 2.06 bits per heavy atom. The SMILES string of the molecule is CCC(C)(CO)NCC(O)c1ccccc1F. The summed E-state index contributed by atoms with van der Waals surface area (Å²) in [6.07, 6.45) is -0.179. The summed E-state index contributed by atoms with van der Waals surface area (Å²) in [5, 5.41) is 22.1. The largest absolute Gasteiger partial charge is 0.394 e. The Balaban J connectivity index is 2.62. The molecule has 0 aromatic heterocycles. The van der Waals surface area contributed by atoms with E-state index < -0.39 is 17.5 Å². The van der Waals surface area contributed by atoms with E-state index in [-0.39, 0.29) is 18.7 Å². The summed E-state index contributed by atoms with van der Waals surface area (Å²) in [7, 11) is 0. The molecule has 2 unspecified atom stereocenters. The minimum absolute atomic E-state index is 0.0203. The molecule has 0 radical (unpaired) electrons. The van der Waals surface area contributed by atoms with Crippen molar-refractivity contribution in [2.45, 2.75) is 31.9 Å². The van der Waals surface area contributed by atoms with E-state index in [1.54, 1.807) is 18.2 Å². The minimum atomic E-state index is -0.909. The van der Waals surface area contributed by atoms with Crippen LogP contribution in [0.2, 0.25) is 0 Å². The van der Waals surface area contributed by atoms with Crippen LogP contribution in [0.5, 0.6) is 0 Å². The number of aliphatic hydroxyl groups excluding tert-OH is 2. The topological polar surface area (TPSA) is 52.5 Å². The second-order valence-electron chi connectivity index (χ2n) is 4.49. The second kappa shape index (κ2) is 6.10. The van der Waals surface area contributed by atoms with Crippen molar-refractivity contribution in [3.63, 3.8) is 0 Å². The van der Waals surface area contributed by atoms with Crippen LogP contribution in [0.4, 0.5) is 4.39 Å². The van der Waals surface area contributed by atoms with Crippen molar-refractivity contribution in [2.24, 2.45) is 0 Å². The van der Waals surface area contributed by atoms with Gasteiger partial charge in [-0.1, -0.05) is 25.1 Å². The summed E-state index contributed by atoms with van der Waals surface area (Å²) in [6, 6.07) is 6.16. The van der Waals surface area contributed by atoms with Gasteiger partial charge in [0.1, 0.15) is 5.82 Å². The highest BCUT2D eigenvalue weighted by Gasteiger charge is 2.22. The molecule has 0 fully saturated rings. The first-order valence-electron chi connectivity index (χ1n) is 5.81. The van der Waals surface area contributed by atoms with Gasteiger partial charge in [0, 0.05) is 17.6 Å². The highest BCUT2D eigenvalue weighted by atomic mass is 19.1. The van der Waals surface area contributed by atoms with Crippen molar-refractivity contribution in [2.75, 3.05) is 13.2 Å². The molecule has 17 heavy (non-hydrogen) atoms. The molecule has 3 nitrogen and oxygen atoms in total. The van der Waals surface area contributed by atoms with Gasteiger partial charge < -0.3 is 15.5 Å². The molecule has 3 N–H and O–H groups in total. The van der Waals surface area contributed by atoms with Gasteiger partial charge in [-0.2, -0.15) is 0 Å². The van der Waals surface area contributed by atoms with Gasteiger partial charge in [0.15, 0.2) is 0 Å². The predicted octanol–water partition coefficient (Wildman–Crippen LogP) is 1.61. The van der Waals surface area contributed by atoms with Crippen molar-refractivity contribution in [1.29, 1.82) is 0 Å². The number of nitrogens with one attached hydrogen (secondary N) is 1. The Morgan fingerprint density at radius 3 is 2.59 bits per heavy atom. The van der Waals surface area contributed by atoms with E-state index in [1.807, 2.05) is 13.8 Å². The third kappa shape index (κ3) is 3.77. The molecule has 0 aliphatic carbocycles. The van der Waals surface area contributed by atoms with Gasteiger partial charge >= 0.3 is 0 Å². The van der Waals surface area contributed by atoms with Gasteiger partial charge in [0.05, 0.1) is 12.7 Å². The number of rotatable bonds is 6. The fraction of sp³-hybridized carbons (Fsp3) is 0.538. The smallest absolute Gasteiger partial charge is 0.129 e. The number of hydrogen-bond acceptors (Lipinski definition) is 3. The highest BCUT2D eigenvalue weighted by molar-refractivity contribution is 5.20. The Kier molecular flexibility index (Phi) is 5.05. The first-order chi connectivity index (χ1) is 8.02. The van der Waals surface area contributed by atoms with Crippen LogP contribution in [0.25, 0.3) is 0 Å². The van der Waals surface area contributed by atoms with E-state index in [0.717, 1.165) is 6.42 Å². The van der Waals surface area contributed by atoms with Crippen molar-refractivity contribution >= 4 is 0 Å². The Labute approximate surface area is 101 Å². The van der Waals surface area contributed by atoms with E-state index in [2.05, 4.69) is 5.32 Å². The minimum Gasteiger partial charge on any atom is -0.394 e. The monoisotopic (exact) mass is 241 g/mol. The average molecular weight is 241 g/mol. The first-order valence-corrected chi connectivity index (χ1v) is 5.81. The molecule has 1 rings (SSSR count). The molecular weight excluding hydrogens is 221 g/mol. The second-order valence-corrected chi connectivity index (χ2v) is 4.49. The summed E-state index contributed by atoms with van der Waals surface area (Å²) in [5.74, 6) is -0.413. The zero-order chi connectivity index (χ0) is 12.9. The summed E-state index contributed by atoms with van der Waals surface area (Å²) < 4.78 is 13.4. The van der Waals surface area contributed by atoms with Crippen molar-refractivity contribution in [3.8, 4) is 0 Å². The lowest BCUT2D eigenvalue weighted by Gasteiger charge is -2.28. The quantitative estimate of drug-likeness (QED) is 0.709. The number of β-amino-alcohol motifs (C(OH)–C–C–N with tert-alkyl or cyclic N) is 1. The zero-order valence-corrected chi connectivity index (χ0v) is 10.3. The summed E-state index contributed by atoms with van der Waals surface area (Å²) >= 11 is 0. The maximum atomic E-state index is 13.4. The van der Waals surface area contributed by atoms with Gasteiger partial charge in [-0.15, -0.1) is 0 Å². The van der Waals surface area contributed by atoms with Crippen LogP contribution in [-0.4, -0.2) is 28.9 Å². The molecule has 0 saturated heterocycles. The lowest BCUT2D eigenvalue weighted by molar-refractivity contribution is 0.124. The highest BCUT2D eigenvalue weighted by Crippen LogP contribution is 2.17. The molecule has 96 valence electrons. The van der Waals surface area contributed by atoms with Crippen LogP contribution in [0.3, 0.4) is 0 Å². The molecule has 0 aliphatic heterocycles. The fourth-order valence-electron chi connectivity index (χ4n) is 1.49. The van der Waals surface area contributed by atoms with Crippen LogP contribution in [0.1, 0.15) is 31.9 Å². The van der Waals surface area contributed by atoms with Crippen LogP contribution in [-0.2, 0) is 0 Å². The van der Waals surface area contributed by atoms with Crippen LogP contribution >= 0.6 is 0 Å². The molecule has 0 bridgehead atoms. The van der Waals surface area contributed by atoms with E-state index in [1.165, 1.54) is 6.07 Å². The van der Waals surface area contributed by atoms with Crippen molar-refractivity contribution in [3.05, 3.63) is 35.6 Å². The molecule has 4 heteroatoms. The van der Waals surface area contributed by atoms with Gasteiger partial charge in [-0.05, 0) is 19.4 Å². The van der Waals surface area contributed by atoms with E-state index in [0.29, 0.717) is 0 Å². The number of aliphatic hydroxyl groups is 2. The Hall–Kier alpha value is -0.970. The fourth-order valence-corrected chi connectivity index (χ4v) is 1.49. The number of hydrogen-bond donors (Lipinski definition) is 3. The van der Waals surface area contributed by atoms with Crippen molar-refractivity contribution < 1.29 is 14.6 Å². The standard InChI is InChI=1S/C13H20FNO2/c1-3-13(2,9-16)15-8-12(17)10-6-4-5-7-11(10)14/h4-7,12,15-17H,3,8-9H2,1-2H3. The Bertz CT molecular complexity index is 353. The number of benzene rings is 1.